The van der Waals surface area contributed by atoms with Gasteiger partial charge in [-0.3, -0.25) is 5.41 Å². The molecule has 2 aromatic rings. The largest absolute Gasteiger partial charge is 0.384 e. The van der Waals surface area contributed by atoms with Gasteiger partial charge in [-0.15, -0.1) is 0 Å². The van der Waals surface area contributed by atoms with Gasteiger partial charge < -0.3 is 15.5 Å². The summed E-state index contributed by atoms with van der Waals surface area (Å²) in [4.78, 5) is 9.11. The Hall–Kier alpha value is -2.56. The van der Waals surface area contributed by atoms with Crippen LogP contribution in [0.4, 0.5) is 11.5 Å². The highest BCUT2D eigenvalue weighted by Gasteiger charge is 2.18. The van der Waals surface area contributed by atoms with Crippen molar-refractivity contribution in [3.05, 3.63) is 53.7 Å². The van der Waals surface area contributed by atoms with Gasteiger partial charge in [-0.05, 0) is 36.8 Å². The van der Waals surface area contributed by atoms with Crippen molar-refractivity contribution >= 4 is 17.3 Å². The molecule has 2 heterocycles. The number of anilines is 2. The van der Waals surface area contributed by atoms with Gasteiger partial charge in [0.05, 0.1) is 0 Å². The fourth-order valence-electron chi connectivity index (χ4n) is 2.75. The molecular formula is C17H21N5. The van der Waals surface area contributed by atoms with Crippen LogP contribution in [-0.4, -0.2) is 37.0 Å². The molecule has 0 radical (unpaired) electrons. The van der Waals surface area contributed by atoms with Gasteiger partial charge in [0.25, 0.3) is 0 Å². The third kappa shape index (κ3) is 3.03. The second-order valence-electron chi connectivity index (χ2n) is 5.63. The molecule has 22 heavy (non-hydrogen) atoms. The normalized spacial score (nSPS) is 15.0. The summed E-state index contributed by atoms with van der Waals surface area (Å²) >= 11 is 0. The number of pyridine rings is 1. The van der Waals surface area contributed by atoms with E-state index in [0.717, 1.165) is 32.0 Å². The minimum atomic E-state index is 0.0586. The number of nitrogen functional groups attached to an aromatic ring is 1. The minimum Gasteiger partial charge on any atom is -0.384 e. The molecule has 0 aliphatic carbocycles. The maximum Gasteiger partial charge on any atom is 0.128 e. The fraction of sp³-hybridized carbons (Fsp3) is 0.294. The Labute approximate surface area is 130 Å². The molecule has 0 spiro atoms. The Kier molecular flexibility index (Phi) is 3.96. The lowest BCUT2D eigenvalue weighted by Crippen LogP contribution is -2.46. The molecule has 1 aliphatic heterocycles. The summed E-state index contributed by atoms with van der Waals surface area (Å²) < 4.78 is 0. The van der Waals surface area contributed by atoms with E-state index in [1.54, 1.807) is 6.20 Å². The Bertz CT molecular complexity index is 657. The third-order valence-electron chi connectivity index (χ3n) is 4.03. The number of nitrogens with one attached hydrogen (secondary N) is 1. The first-order chi connectivity index (χ1) is 10.6. The SMILES string of the molecule is Cc1cccc(N2CCN(c3ccc(C(=N)N)cn3)CC2)c1. The number of hydrogen-bond acceptors (Lipinski definition) is 4. The Morgan fingerprint density at radius 1 is 1.09 bits per heavy atom. The van der Waals surface area contributed by atoms with Gasteiger partial charge in [0.1, 0.15) is 11.7 Å². The minimum absolute atomic E-state index is 0.0586. The van der Waals surface area contributed by atoms with Crippen LogP contribution < -0.4 is 15.5 Å². The molecule has 114 valence electrons. The van der Waals surface area contributed by atoms with E-state index >= 15 is 0 Å². The maximum absolute atomic E-state index is 7.41. The summed E-state index contributed by atoms with van der Waals surface area (Å²) in [6.07, 6.45) is 1.67. The summed E-state index contributed by atoms with van der Waals surface area (Å²) in [5, 5.41) is 7.41. The number of aryl methyl sites for hydroxylation is 1. The molecule has 0 unspecified atom stereocenters. The van der Waals surface area contributed by atoms with Gasteiger partial charge in [-0.25, -0.2) is 4.98 Å². The van der Waals surface area contributed by atoms with E-state index < -0.39 is 0 Å². The summed E-state index contributed by atoms with van der Waals surface area (Å²) in [6.45, 7) is 5.99. The smallest absolute Gasteiger partial charge is 0.128 e. The predicted molar refractivity (Wildman–Crippen MR) is 90.9 cm³/mol. The number of nitrogens with zero attached hydrogens (tertiary/aromatic N) is 3. The molecule has 5 heteroatoms. The van der Waals surface area contributed by atoms with Crippen molar-refractivity contribution in [2.24, 2.45) is 5.73 Å². The van der Waals surface area contributed by atoms with Crippen molar-refractivity contribution in [3.8, 4) is 0 Å². The molecule has 0 amide bonds. The van der Waals surface area contributed by atoms with E-state index in [9.17, 15) is 0 Å². The first-order valence-electron chi connectivity index (χ1n) is 7.50. The van der Waals surface area contributed by atoms with Crippen LogP contribution in [0.1, 0.15) is 11.1 Å². The first kappa shape index (κ1) is 14.4. The first-order valence-corrected chi connectivity index (χ1v) is 7.50. The molecule has 1 aromatic carbocycles. The van der Waals surface area contributed by atoms with Crippen molar-refractivity contribution < 1.29 is 0 Å². The van der Waals surface area contributed by atoms with Crippen molar-refractivity contribution in [2.75, 3.05) is 36.0 Å². The summed E-state index contributed by atoms with van der Waals surface area (Å²) in [5.74, 6) is 1.01. The van der Waals surface area contributed by atoms with Gasteiger partial charge in [-0.2, -0.15) is 0 Å². The van der Waals surface area contributed by atoms with Crippen molar-refractivity contribution in [3.63, 3.8) is 0 Å². The quantitative estimate of drug-likeness (QED) is 0.671. The fourth-order valence-corrected chi connectivity index (χ4v) is 2.75. The van der Waals surface area contributed by atoms with Gasteiger partial charge in [0, 0.05) is 43.6 Å². The van der Waals surface area contributed by atoms with Crippen LogP contribution in [0.15, 0.2) is 42.6 Å². The van der Waals surface area contributed by atoms with E-state index in [2.05, 4.69) is 46.0 Å². The highest BCUT2D eigenvalue weighted by Crippen LogP contribution is 2.20. The van der Waals surface area contributed by atoms with E-state index in [0.29, 0.717) is 5.56 Å². The second kappa shape index (κ2) is 6.05. The highest BCUT2D eigenvalue weighted by molar-refractivity contribution is 5.94. The highest BCUT2D eigenvalue weighted by atomic mass is 15.3. The number of hydrogen-bond donors (Lipinski definition) is 2. The van der Waals surface area contributed by atoms with E-state index in [1.807, 2.05) is 12.1 Å². The molecule has 1 saturated heterocycles. The summed E-state index contributed by atoms with van der Waals surface area (Å²) in [5.41, 5.74) is 8.71. The monoisotopic (exact) mass is 295 g/mol. The number of amidine groups is 1. The van der Waals surface area contributed by atoms with Crippen molar-refractivity contribution in [1.82, 2.24) is 4.98 Å². The van der Waals surface area contributed by atoms with Crippen LogP contribution in [-0.2, 0) is 0 Å². The van der Waals surface area contributed by atoms with Gasteiger partial charge >= 0.3 is 0 Å². The lowest BCUT2D eigenvalue weighted by molar-refractivity contribution is 0.647. The summed E-state index contributed by atoms with van der Waals surface area (Å²) in [7, 11) is 0. The average Bonchev–Trinajstić information content (AvgIpc) is 2.55. The second-order valence-corrected chi connectivity index (χ2v) is 5.63. The molecule has 5 nitrogen and oxygen atoms in total. The van der Waals surface area contributed by atoms with Crippen LogP contribution in [0.3, 0.4) is 0 Å². The molecule has 3 N–H and O–H groups in total. The predicted octanol–water partition coefficient (Wildman–Crippen LogP) is 2.00. The maximum atomic E-state index is 7.41. The van der Waals surface area contributed by atoms with Crippen LogP contribution in [0.2, 0.25) is 0 Å². The zero-order chi connectivity index (χ0) is 15.5. The van der Waals surface area contributed by atoms with Gasteiger partial charge in [-0.1, -0.05) is 12.1 Å². The zero-order valence-electron chi connectivity index (χ0n) is 12.8. The number of piperazine rings is 1. The number of aromatic nitrogens is 1. The van der Waals surface area contributed by atoms with Gasteiger partial charge in [0.15, 0.2) is 0 Å². The summed E-state index contributed by atoms with van der Waals surface area (Å²) in [6, 6.07) is 12.4. The topological polar surface area (TPSA) is 69.2 Å². The Balaban J connectivity index is 1.65. The molecule has 0 atom stereocenters. The molecular weight excluding hydrogens is 274 g/mol. The van der Waals surface area contributed by atoms with E-state index in [4.69, 9.17) is 11.1 Å². The molecule has 1 aromatic heterocycles. The van der Waals surface area contributed by atoms with Crippen LogP contribution >= 0.6 is 0 Å². The lowest BCUT2D eigenvalue weighted by atomic mass is 10.2. The number of nitrogens with two attached hydrogens (primary N) is 1. The molecule has 1 aliphatic rings. The van der Waals surface area contributed by atoms with E-state index in [1.165, 1.54) is 11.3 Å². The van der Waals surface area contributed by atoms with Crippen LogP contribution in [0.5, 0.6) is 0 Å². The Morgan fingerprint density at radius 3 is 2.41 bits per heavy atom. The van der Waals surface area contributed by atoms with Crippen LogP contribution in [0, 0.1) is 12.3 Å². The average molecular weight is 295 g/mol. The molecule has 0 bridgehead atoms. The molecule has 0 saturated carbocycles. The number of benzene rings is 1. The zero-order valence-corrected chi connectivity index (χ0v) is 12.8. The van der Waals surface area contributed by atoms with E-state index in [-0.39, 0.29) is 5.84 Å². The van der Waals surface area contributed by atoms with Crippen molar-refractivity contribution in [1.29, 1.82) is 5.41 Å². The van der Waals surface area contributed by atoms with Crippen LogP contribution in [0.25, 0.3) is 0 Å². The third-order valence-corrected chi connectivity index (χ3v) is 4.03. The lowest BCUT2D eigenvalue weighted by Gasteiger charge is -2.36. The van der Waals surface area contributed by atoms with Gasteiger partial charge in [0.2, 0.25) is 0 Å². The standard InChI is InChI=1S/C17H21N5/c1-13-3-2-4-15(11-13)21-7-9-22(10-8-21)16-6-5-14(12-20-16)17(18)19/h2-6,11-12H,7-10H2,1H3,(H3,18,19). The van der Waals surface area contributed by atoms with Crippen molar-refractivity contribution in [2.45, 2.75) is 6.92 Å². The Morgan fingerprint density at radius 2 is 1.82 bits per heavy atom. The molecule has 1 fully saturated rings. The molecule has 3 rings (SSSR count). The number of rotatable bonds is 3.